The molecule has 0 amide bonds. The molecule has 0 aliphatic heterocycles. The van der Waals surface area contributed by atoms with Crippen LogP contribution in [-0.4, -0.2) is 6.29 Å². The van der Waals surface area contributed by atoms with Crippen molar-refractivity contribution in [2.24, 2.45) is 0 Å². The van der Waals surface area contributed by atoms with E-state index in [-0.39, 0.29) is 5.82 Å². The number of carbonyl (C=O) groups is 1. The average molecular weight is 200 g/mol. The van der Waals surface area contributed by atoms with Crippen molar-refractivity contribution in [2.75, 3.05) is 0 Å². The lowest BCUT2D eigenvalue weighted by Crippen LogP contribution is -1.82. The van der Waals surface area contributed by atoms with Gasteiger partial charge < -0.3 is 0 Å². The lowest BCUT2D eigenvalue weighted by atomic mass is 10.0. The number of allylic oxidation sites excluding steroid dienone is 1. The molecule has 0 bridgehead atoms. The summed E-state index contributed by atoms with van der Waals surface area (Å²) in [6, 6.07) is 10.3. The van der Waals surface area contributed by atoms with E-state index in [2.05, 4.69) is 0 Å². The summed E-state index contributed by atoms with van der Waals surface area (Å²) in [5, 5.41) is 1.39. The van der Waals surface area contributed by atoms with Crippen LogP contribution in [0.1, 0.15) is 5.56 Å². The molecule has 15 heavy (non-hydrogen) atoms. The van der Waals surface area contributed by atoms with Crippen LogP contribution >= 0.6 is 0 Å². The number of hydrogen-bond acceptors (Lipinski definition) is 1. The number of fused-ring (bicyclic) bond motifs is 1. The van der Waals surface area contributed by atoms with E-state index in [1.807, 2.05) is 12.1 Å². The van der Waals surface area contributed by atoms with Crippen molar-refractivity contribution >= 4 is 23.1 Å². The van der Waals surface area contributed by atoms with E-state index < -0.39 is 0 Å². The van der Waals surface area contributed by atoms with Gasteiger partial charge in [-0.15, -0.1) is 0 Å². The topological polar surface area (TPSA) is 17.1 Å². The van der Waals surface area contributed by atoms with E-state index >= 15 is 0 Å². The lowest BCUT2D eigenvalue weighted by molar-refractivity contribution is -0.104. The van der Waals surface area contributed by atoms with Crippen LogP contribution in [0.25, 0.3) is 16.8 Å². The van der Waals surface area contributed by atoms with Gasteiger partial charge in [0, 0.05) is 5.39 Å². The number of benzene rings is 2. The summed E-state index contributed by atoms with van der Waals surface area (Å²) in [6.45, 7) is 0. The second-order valence-electron chi connectivity index (χ2n) is 3.18. The van der Waals surface area contributed by atoms with Crippen molar-refractivity contribution in [1.82, 2.24) is 0 Å². The quantitative estimate of drug-likeness (QED) is 0.537. The fourth-order valence-electron chi connectivity index (χ4n) is 1.57. The minimum absolute atomic E-state index is 0.242. The molecule has 0 unspecified atom stereocenters. The minimum atomic E-state index is -0.242. The van der Waals surface area contributed by atoms with Crippen molar-refractivity contribution < 1.29 is 9.18 Å². The predicted molar refractivity (Wildman–Crippen MR) is 59.0 cm³/mol. The zero-order valence-electron chi connectivity index (χ0n) is 7.98. The number of halogens is 1. The monoisotopic (exact) mass is 200 g/mol. The maximum Gasteiger partial charge on any atom is 0.142 e. The third-order valence-electron chi connectivity index (χ3n) is 2.26. The second kappa shape index (κ2) is 4.05. The highest BCUT2D eigenvalue weighted by Gasteiger charge is 2.02. The molecule has 0 atom stereocenters. The van der Waals surface area contributed by atoms with Gasteiger partial charge in [0.2, 0.25) is 0 Å². The average Bonchev–Trinajstić information content (AvgIpc) is 2.29. The zero-order chi connectivity index (χ0) is 10.7. The summed E-state index contributed by atoms with van der Waals surface area (Å²) in [4.78, 5) is 10.2. The molecule has 0 heterocycles. The Balaban J connectivity index is 2.71. The lowest BCUT2D eigenvalue weighted by Gasteiger charge is -2.02. The van der Waals surface area contributed by atoms with E-state index in [1.165, 1.54) is 12.1 Å². The van der Waals surface area contributed by atoms with Crippen molar-refractivity contribution in [3.05, 3.63) is 53.9 Å². The summed E-state index contributed by atoms with van der Waals surface area (Å²) in [5.41, 5.74) is 0.846. The van der Waals surface area contributed by atoms with Crippen LogP contribution in [0.4, 0.5) is 4.39 Å². The standard InChI is InChI=1S/C13H9FO/c14-13-8-7-10(4-3-9-15)11-5-1-2-6-12(11)13/h1-9H. The molecular formula is C13H9FO. The molecule has 0 saturated carbocycles. The van der Waals surface area contributed by atoms with Gasteiger partial charge in [0.15, 0.2) is 0 Å². The number of aldehydes is 1. The first-order valence-electron chi connectivity index (χ1n) is 4.62. The van der Waals surface area contributed by atoms with Crippen LogP contribution in [0.15, 0.2) is 42.5 Å². The molecule has 0 spiro atoms. The van der Waals surface area contributed by atoms with Crippen molar-refractivity contribution in [3.8, 4) is 0 Å². The van der Waals surface area contributed by atoms with Gasteiger partial charge in [0.05, 0.1) is 0 Å². The molecule has 0 aliphatic carbocycles. The summed E-state index contributed by atoms with van der Waals surface area (Å²) >= 11 is 0. The first-order chi connectivity index (χ1) is 7.33. The van der Waals surface area contributed by atoms with E-state index in [1.54, 1.807) is 24.3 Å². The molecule has 1 nitrogen and oxygen atoms in total. The maximum absolute atomic E-state index is 13.4. The smallest absolute Gasteiger partial charge is 0.142 e. The van der Waals surface area contributed by atoms with E-state index in [0.29, 0.717) is 11.7 Å². The first-order valence-corrected chi connectivity index (χ1v) is 4.62. The highest BCUT2D eigenvalue weighted by atomic mass is 19.1. The Morgan fingerprint density at radius 1 is 1.00 bits per heavy atom. The minimum Gasteiger partial charge on any atom is -0.299 e. The van der Waals surface area contributed by atoms with E-state index in [9.17, 15) is 9.18 Å². The number of carbonyl (C=O) groups excluding carboxylic acids is 1. The third-order valence-corrected chi connectivity index (χ3v) is 2.26. The SMILES string of the molecule is O=CC=Cc1ccc(F)c2ccccc12. The van der Waals surface area contributed by atoms with Gasteiger partial charge in [0.1, 0.15) is 12.1 Å². The molecule has 2 rings (SSSR count). The fourth-order valence-corrected chi connectivity index (χ4v) is 1.57. The Bertz CT molecular complexity index is 529. The van der Waals surface area contributed by atoms with Gasteiger partial charge in [-0.25, -0.2) is 4.39 Å². The summed E-state index contributed by atoms with van der Waals surface area (Å²) in [5.74, 6) is -0.242. The first kappa shape index (κ1) is 9.59. The highest BCUT2D eigenvalue weighted by Crippen LogP contribution is 2.22. The molecule has 0 N–H and O–H groups in total. The Hall–Kier alpha value is -1.96. The van der Waals surface area contributed by atoms with Gasteiger partial charge in [-0.05, 0) is 23.1 Å². The molecule has 0 aromatic heterocycles. The highest BCUT2D eigenvalue weighted by molar-refractivity contribution is 5.92. The summed E-state index contributed by atoms with van der Waals surface area (Å²) in [6.07, 6.45) is 3.78. The Labute approximate surface area is 86.8 Å². The predicted octanol–water partition coefficient (Wildman–Crippen LogP) is 3.19. The number of hydrogen-bond donors (Lipinski definition) is 0. The van der Waals surface area contributed by atoms with Gasteiger partial charge in [-0.3, -0.25) is 4.79 Å². The maximum atomic E-state index is 13.4. The largest absolute Gasteiger partial charge is 0.299 e. The van der Waals surface area contributed by atoms with Crippen LogP contribution < -0.4 is 0 Å². The summed E-state index contributed by atoms with van der Waals surface area (Å²) in [7, 11) is 0. The third kappa shape index (κ3) is 1.79. The van der Waals surface area contributed by atoms with Crippen LogP contribution in [-0.2, 0) is 4.79 Å². The molecular weight excluding hydrogens is 191 g/mol. The van der Waals surface area contributed by atoms with Crippen molar-refractivity contribution in [3.63, 3.8) is 0 Å². The zero-order valence-corrected chi connectivity index (χ0v) is 7.98. The van der Waals surface area contributed by atoms with Gasteiger partial charge in [-0.1, -0.05) is 36.4 Å². The molecule has 74 valence electrons. The molecule has 0 fully saturated rings. The summed E-state index contributed by atoms with van der Waals surface area (Å²) < 4.78 is 13.4. The van der Waals surface area contributed by atoms with Crippen molar-refractivity contribution in [2.45, 2.75) is 0 Å². The van der Waals surface area contributed by atoms with Crippen LogP contribution in [0.5, 0.6) is 0 Å². The van der Waals surface area contributed by atoms with Gasteiger partial charge in [0.25, 0.3) is 0 Å². The Morgan fingerprint density at radius 3 is 2.47 bits per heavy atom. The second-order valence-corrected chi connectivity index (χ2v) is 3.18. The van der Waals surface area contributed by atoms with E-state index in [0.717, 1.165) is 10.9 Å². The Morgan fingerprint density at radius 2 is 1.73 bits per heavy atom. The normalized spacial score (nSPS) is 11.0. The molecule has 0 saturated heterocycles. The van der Waals surface area contributed by atoms with Crippen molar-refractivity contribution in [1.29, 1.82) is 0 Å². The van der Waals surface area contributed by atoms with Gasteiger partial charge in [-0.2, -0.15) is 0 Å². The molecule has 0 aliphatic rings. The van der Waals surface area contributed by atoms with Gasteiger partial charge >= 0.3 is 0 Å². The molecule has 0 radical (unpaired) electrons. The molecule has 2 heteroatoms. The fraction of sp³-hybridized carbons (Fsp3) is 0. The number of rotatable bonds is 2. The molecule has 2 aromatic carbocycles. The van der Waals surface area contributed by atoms with E-state index in [4.69, 9.17) is 0 Å². The Kier molecular flexibility index (Phi) is 2.59. The van der Waals surface area contributed by atoms with Crippen LogP contribution in [0.2, 0.25) is 0 Å². The van der Waals surface area contributed by atoms with Crippen LogP contribution in [0.3, 0.4) is 0 Å². The van der Waals surface area contributed by atoms with Crippen LogP contribution in [0, 0.1) is 5.82 Å². The molecule has 2 aromatic rings.